The molecule has 6 nitrogen and oxygen atoms in total. The van der Waals surface area contributed by atoms with Gasteiger partial charge < -0.3 is 9.80 Å². The summed E-state index contributed by atoms with van der Waals surface area (Å²) < 4.78 is 0. The molecule has 28 heavy (non-hydrogen) atoms. The fourth-order valence-corrected chi connectivity index (χ4v) is 4.86. The lowest BCUT2D eigenvalue weighted by Crippen LogP contribution is -2.40. The van der Waals surface area contributed by atoms with Crippen LogP contribution >= 0.6 is 0 Å². The summed E-state index contributed by atoms with van der Waals surface area (Å²) in [6.45, 7) is 1.41. The summed E-state index contributed by atoms with van der Waals surface area (Å²) in [4.78, 5) is 38.5. The zero-order chi connectivity index (χ0) is 19.1. The van der Waals surface area contributed by atoms with E-state index in [4.69, 9.17) is 0 Å². The van der Waals surface area contributed by atoms with Gasteiger partial charge in [0.1, 0.15) is 5.69 Å². The SMILES string of the molecule is O=C1C[C@H]2[C@H](CCN2C(=O)c2cnc3ccccc3n2)N1CC1=CCCCC1. The fraction of sp³-hybridized carbons (Fsp3) is 0.455. The van der Waals surface area contributed by atoms with Gasteiger partial charge in [0.05, 0.1) is 29.3 Å². The molecule has 2 fully saturated rings. The number of benzene rings is 1. The number of carbonyl (C=O) groups excluding carboxylic acids is 2. The van der Waals surface area contributed by atoms with E-state index in [1.165, 1.54) is 18.4 Å². The maximum Gasteiger partial charge on any atom is 0.274 e. The van der Waals surface area contributed by atoms with E-state index in [9.17, 15) is 9.59 Å². The molecule has 1 aromatic carbocycles. The molecule has 2 amide bonds. The molecule has 0 N–H and O–H groups in total. The van der Waals surface area contributed by atoms with Gasteiger partial charge in [0.15, 0.2) is 0 Å². The van der Waals surface area contributed by atoms with Gasteiger partial charge in [0.2, 0.25) is 5.91 Å². The number of amides is 2. The van der Waals surface area contributed by atoms with Gasteiger partial charge in [-0.1, -0.05) is 23.8 Å². The van der Waals surface area contributed by atoms with Crippen molar-refractivity contribution in [2.24, 2.45) is 0 Å². The Kier molecular flexibility index (Phi) is 4.34. The summed E-state index contributed by atoms with van der Waals surface area (Å²) >= 11 is 0. The molecule has 0 unspecified atom stereocenters. The van der Waals surface area contributed by atoms with Crippen molar-refractivity contribution in [1.29, 1.82) is 0 Å². The van der Waals surface area contributed by atoms with Crippen LogP contribution in [0.4, 0.5) is 0 Å². The zero-order valence-electron chi connectivity index (χ0n) is 15.9. The van der Waals surface area contributed by atoms with E-state index in [0.717, 1.165) is 36.8 Å². The number of para-hydroxylation sites is 2. The number of aromatic nitrogens is 2. The van der Waals surface area contributed by atoms with E-state index < -0.39 is 0 Å². The number of rotatable bonds is 3. The molecule has 5 rings (SSSR count). The Hall–Kier alpha value is -2.76. The summed E-state index contributed by atoms with van der Waals surface area (Å²) in [5.74, 6) is 0.0563. The van der Waals surface area contributed by atoms with E-state index in [2.05, 4.69) is 16.0 Å². The van der Waals surface area contributed by atoms with Crippen LogP contribution in [0.3, 0.4) is 0 Å². The Morgan fingerprint density at radius 3 is 2.82 bits per heavy atom. The minimum atomic E-state index is -0.114. The molecule has 1 aromatic heterocycles. The molecule has 2 aliphatic heterocycles. The van der Waals surface area contributed by atoms with Gasteiger partial charge >= 0.3 is 0 Å². The molecule has 0 saturated carbocycles. The van der Waals surface area contributed by atoms with Crippen LogP contribution in [-0.4, -0.2) is 56.8 Å². The van der Waals surface area contributed by atoms with Crippen molar-refractivity contribution in [3.8, 4) is 0 Å². The highest BCUT2D eigenvalue weighted by atomic mass is 16.2. The van der Waals surface area contributed by atoms with Gasteiger partial charge in [-0.25, -0.2) is 4.98 Å². The zero-order valence-corrected chi connectivity index (χ0v) is 15.9. The van der Waals surface area contributed by atoms with E-state index >= 15 is 0 Å². The minimum Gasteiger partial charge on any atom is -0.333 e. The third-order valence-electron chi connectivity index (χ3n) is 6.30. The van der Waals surface area contributed by atoms with Crippen LogP contribution in [-0.2, 0) is 4.79 Å². The number of likely N-dealkylation sites (tertiary alicyclic amines) is 2. The Bertz CT molecular complexity index is 970. The number of fused-ring (bicyclic) bond motifs is 2. The number of hydrogen-bond donors (Lipinski definition) is 0. The van der Waals surface area contributed by atoms with Crippen LogP contribution in [0.15, 0.2) is 42.1 Å². The van der Waals surface area contributed by atoms with Crippen LogP contribution < -0.4 is 0 Å². The number of nitrogens with zero attached hydrogens (tertiary/aromatic N) is 4. The molecule has 1 aliphatic carbocycles. The van der Waals surface area contributed by atoms with Crippen LogP contribution in [0.2, 0.25) is 0 Å². The van der Waals surface area contributed by atoms with Crippen LogP contribution in [0, 0.1) is 0 Å². The maximum atomic E-state index is 13.1. The van der Waals surface area contributed by atoms with E-state index in [1.807, 2.05) is 34.1 Å². The lowest BCUT2D eigenvalue weighted by Gasteiger charge is -2.27. The topological polar surface area (TPSA) is 66.4 Å². The van der Waals surface area contributed by atoms with Crippen molar-refractivity contribution in [2.45, 2.75) is 50.6 Å². The van der Waals surface area contributed by atoms with Gasteiger partial charge in [-0.2, -0.15) is 0 Å². The summed E-state index contributed by atoms with van der Waals surface area (Å²) in [5.41, 5.74) is 3.24. The predicted molar refractivity (Wildman–Crippen MR) is 106 cm³/mol. The second kappa shape index (κ2) is 7.00. The molecule has 144 valence electrons. The summed E-state index contributed by atoms with van der Waals surface area (Å²) in [7, 11) is 0. The lowest BCUT2D eigenvalue weighted by molar-refractivity contribution is -0.128. The summed E-state index contributed by atoms with van der Waals surface area (Å²) in [6, 6.07) is 7.64. The molecule has 0 bridgehead atoms. The third-order valence-corrected chi connectivity index (χ3v) is 6.30. The van der Waals surface area contributed by atoms with Crippen molar-refractivity contribution >= 4 is 22.8 Å². The van der Waals surface area contributed by atoms with Crippen LogP contribution in [0.5, 0.6) is 0 Å². The Labute approximate surface area is 164 Å². The standard InChI is InChI=1S/C22H24N4O2/c27-21-12-20-19(26(21)14-15-6-2-1-3-7-15)10-11-25(20)22(28)18-13-23-16-8-4-5-9-17(16)24-18/h4-6,8-9,13,19-20H,1-3,7,10-12,14H2/t19-,20-/m0/s1. The van der Waals surface area contributed by atoms with Crippen molar-refractivity contribution < 1.29 is 9.59 Å². The van der Waals surface area contributed by atoms with E-state index in [0.29, 0.717) is 18.7 Å². The lowest BCUT2D eigenvalue weighted by atomic mass is 9.99. The van der Waals surface area contributed by atoms with Gasteiger partial charge in [-0.15, -0.1) is 0 Å². The van der Waals surface area contributed by atoms with Gasteiger partial charge in [-0.05, 0) is 44.2 Å². The first-order valence-corrected chi connectivity index (χ1v) is 10.2. The molecule has 3 heterocycles. The number of hydrogen-bond acceptors (Lipinski definition) is 4. The molecule has 0 radical (unpaired) electrons. The predicted octanol–water partition coefficient (Wildman–Crippen LogP) is 2.95. The molecule has 6 heteroatoms. The second-order valence-corrected chi connectivity index (χ2v) is 8.00. The van der Waals surface area contributed by atoms with Crippen molar-refractivity contribution in [3.05, 3.63) is 47.8 Å². The highest BCUT2D eigenvalue weighted by Gasteiger charge is 2.48. The van der Waals surface area contributed by atoms with Gasteiger partial charge in [-0.3, -0.25) is 14.6 Å². The molecule has 2 aromatic rings. The highest BCUT2D eigenvalue weighted by molar-refractivity contribution is 5.95. The van der Waals surface area contributed by atoms with E-state index in [1.54, 1.807) is 6.20 Å². The van der Waals surface area contributed by atoms with Crippen LogP contribution in [0.1, 0.15) is 49.0 Å². The normalized spacial score (nSPS) is 24.6. The molecule has 2 atom stereocenters. The number of carbonyl (C=O) groups is 2. The minimum absolute atomic E-state index is 0.0440. The average Bonchev–Trinajstić information content (AvgIpc) is 3.27. The first-order valence-electron chi connectivity index (χ1n) is 10.2. The molecule has 3 aliphatic rings. The molecule has 0 spiro atoms. The van der Waals surface area contributed by atoms with Gasteiger partial charge in [0, 0.05) is 19.5 Å². The quantitative estimate of drug-likeness (QED) is 0.773. The largest absolute Gasteiger partial charge is 0.333 e. The monoisotopic (exact) mass is 376 g/mol. The van der Waals surface area contributed by atoms with Crippen LogP contribution in [0.25, 0.3) is 11.0 Å². The van der Waals surface area contributed by atoms with Crippen molar-refractivity contribution in [2.75, 3.05) is 13.1 Å². The van der Waals surface area contributed by atoms with Crippen molar-refractivity contribution in [1.82, 2.24) is 19.8 Å². The Balaban J connectivity index is 1.35. The Morgan fingerprint density at radius 1 is 1.14 bits per heavy atom. The summed E-state index contributed by atoms with van der Waals surface area (Å²) in [6.07, 6.45) is 9.80. The molecular weight excluding hydrogens is 352 g/mol. The molecule has 2 saturated heterocycles. The fourth-order valence-electron chi connectivity index (χ4n) is 4.86. The highest BCUT2D eigenvalue weighted by Crippen LogP contribution is 2.34. The smallest absolute Gasteiger partial charge is 0.274 e. The molecular formula is C22H24N4O2. The maximum absolute atomic E-state index is 13.1. The van der Waals surface area contributed by atoms with Crippen molar-refractivity contribution in [3.63, 3.8) is 0 Å². The second-order valence-electron chi connectivity index (χ2n) is 8.00. The first-order chi connectivity index (χ1) is 13.7. The third kappa shape index (κ3) is 2.97. The first kappa shape index (κ1) is 17.3. The van der Waals surface area contributed by atoms with E-state index in [-0.39, 0.29) is 23.9 Å². The van der Waals surface area contributed by atoms with Gasteiger partial charge in [0.25, 0.3) is 5.91 Å². The summed E-state index contributed by atoms with van der Waals surface area (Å²) in [5, 5.41) is 0. The number of allylic oxidation sites excluding steroid dienone is 1. The average molecular weight is 376 g/mol. The Morgan fingerprint density at radius 2 is 2.00 bits per heavy atom.